The lowest BCUT2D eigenvalue weighted by atomic mass is 10.1. The summed E-state index contributed by atoms with van der Waals surface area (Å²) in [6.07, 6.45) is 0. The first-order chi connectivity index (χ1) is 7.27. The van der Waals surface area contributed by atoms with Crippen LogP contribution < -0.4 is 0 Å². The number of nitriles is 1. The van der Waals surface area contributed by atoms with Crippen molar-refractivity contribution in [2.75, 3.05) is 18.1 Å². The van der Waals surface area contributed by atoms with Gasteiger partial charge in [0.05, 0.1) is 24.0 Å². The maximum absolute atomic E-state index is 11.5. The van der Waals surface area contributed by atoms with Crippen molar-refractivity contribution in [3.05, 3.63) is 35.4 Å². The Labute approximate surface area is 92.7 Å². The van der Waals surface area contributed by atoms with E-state index in [4.69, 9.17) is 10.4 Å². The van der Waals surface area contributed by atoms with Gasteiger partial charge in [0.2, 0.25) is 0 Å². The third kappa shape index (κ3) is 3.74. The van der Waals surface area contributed by atoms with E-state index in [1.54, 1.807) is 24.3 Å². The van der Waals surface area contributed by atoms with Crippen LogP contribution in [0.25, 0.3) is 0 Å². The van der Waals surface area contributed by atoms with Crippen LogP contribution in [0, 0.1) is 11.3 Å². The van der Waals surface area contributed by atoms with E-state index in [9.17, 15) is 4.79 Å². The van der Waals surface area contributed by atoms with Gasteiger partial charge in [-0.1, -0.05) is 12.1 Å². The molecule has 0 unspecified atom stereocenters. The highest BCUT2D eigenvalue weighted by Crippen LogP contribution is 2.08. The predicted octanol–water partition coefficient (Wildman–Crippen LogP) is 1.47. The van der Waals surface area contributed by atoms with E-state index in [0.29, 0.717) is 22.6 Å². The van der Waals surface area contributed by atoms with Crippen molar-refractivity contribution in [3.63, 3.8) is 0 Å². The predicted molar refractivity (Wildman–Crippen MR) is 59.9 cm³/mol. The van der Waals surface area contributed by atoms with Crippen molar-refractivity contribution in [1.29, 1.82) is 5.26 Å². The lowest BCUT2D eigenvalue weighted by Crippen LogP contribution is -2.03. The van der Waals surface area contributed by atoms with Crippen molar-refractivity contribution in [3.8, 4) is 6.07 Å². The Morgan fingerprint density at radius 2 is 2.07 bits per heavy atom. The van der Waals surface area contributed by atoms with Crippen LogP contribution in [-0.2, 0) is 0 Å². The summed E-state index contributed by atoms with van der Waals surface area (Å²) in [6, 6.07) is 8.56. The second-order valence-corrected chi connectivity index (χ2v) is 3.99. The Balaban J connectivity index is 2.55. The molecule has 0 aromatic heterocycles. The van der Waals surface area contributed by atoms with Crippen molar-refractivity contribution in [1.82, 2.24) is 0 Å². The summed E-state index contributed by atoms with van der Waals surface area (Å²) in [4.78, 5) is 11.5. The Morgan fingerprint density at radius 1 is 1.40 bits per heavy atom. The topological polar surface area (TPSA) is 61.1 Å². The first kappa shape index (κ1) is 11.8. The van der Waals surface area contributed by atoms with Gasteiger partial charge in [-0.3, -0.25) is 4.79 Å². The molecule has 4 heteroatoms. The Bertz CT molecular complexity index is 367. The largest absolute Gasteiger partial charge is 0.396 e. The highest BCUT2D eigenvalue weighted by Gasteiger charge is 2.05. The zero-order valence-electron chi connectivity index (χ0n) is 8.14. The van der Waals surface area contributed by atoms with E-state index in [1.807, 2.05) is 6.07 Å². The normalized spacial score (nSPS) is 9.60. The third-order valence-corrected chi connectivity index (χ3v) is 2.74. The molecular weight excluding hydrogens is 210 g/mol. The molecule has 0 fully saturated rings. The first-order valence-corrected chi connectivity index (χ1v) is 5.65. The molecule has 0 saturated heterocycles. The molecule has 0 aliphatic carbocycles. The molecule has 15 heavy (non-hydrogen) atoms. The van der Waals surface area contributed by atoms with Gasteiger partial charge in [-0.25, -0.2) is 0 Å². The summed E-state index contributed by atoms with van der Waals surface area (Å²) < 4.78 is 0. The SMILES string of the molecule is N#Cc1ccc(C(=O)CSCCO)cc1. The number of carbonyl (C=O) groups excluding carboxylic acids is 1. The number of ketones is 1. The number of aliphatic hydroxyl groups excluding tert-OH is 1. The van der Waals surface area contributed by atoms with Crippen LogP contribution in [0.1, 0.15) is 15.9 Å². The van der Waals surface area contributed by atoms with Gasteiger partial charge in [0.1, 0.15) is 0 Å². The van der Waals surface area contributed by atoms with Gasteiger partial charge < -0.3 is 5.11 Å². The van der Waals surface area contributed by atoms with Crippen molar-refractivity contribution in [2.45, 2.75) is 0 Å². The molecule has 0 aliphatic rings. The van der Waals surface area contributed by atoms with Crippen LogP contribution in [0.4, 0.5) is 0 Å². The average Bonchev–Trinajstić information content (AvgIpc) is 2.29. The van der Waals surface area contributed by atoms with E-state index in [1.165, 1.54) is 11.8 Å². The molecule has 0 spiro atoms. The Kier molecular flexibility index (Phi) is 4.88. The second-order valence-electron chi connectivity index (χ2n) is 2.89. The molecule has 1 rings (SSSR count). The molecule has 1 aromatic carbocycles. The molecule has 0 amide bonds. The second kappa shape index (κ2) is 6.23. The van der Waals surface area contributed by atoms with Crippen molar-refractivity contribution >= 4 is 17.5 Å². The monoisotopic (exact) mass is 221 g/mol. The minimum Gasteiger partial charge on any atom is -0.396 e. The summed E-state index contributed by atoms with van der Waals surface area (Å²) >= 11 is 1.40. The van der Waals surface area contributed by atoms with Crippen LogP contribution in [0.2, 0.25) is 0 Å². The highest BCUT2D eigenvalue weighted by molar-refractivity contribution is 8.00. The highest BCUT2D eigenvalue weighted by atomic mass is 32.2. The summed E-state index contributed by atoms with van der Waals surface area (Å²) in [5.74, 6) is 0.965. The van der Waals surface area contributed by atoms with Gasteiger partial charge in [-0.05, 0) is 12.1 Å². The van der Waals surface area contributed by atoms with E-state index < -0.39 is 0 Å². The summed E-state index contributed by atoms with van der Waals surface area (Å²) in [5.41, 5.74) is 1.16. The van der Waals surface area contributed by atoms with Gasteiger partial charge in [0.25, 0.3) is 0 Å². The maximum Gasteiger partial charge on any atom is 0.172 e. The van der Waals surface area contributed by atoms with Gasteiger partial charge in [-0.15, -0.1) is 0 Å². The Hall–Kier alpha value is -1.31. The smallest absolute Gasteiger partial charge is 0.172 e. The molecule has 0 bridgehead atoms. The van der Waals surface area contributed by atoms with Crippen LogP contribution in [0.15, 0.2) is 24.3 Å². The van der Waals surface area contributed by atoms with Crippen molar-refractivity contribution < 1.29 is 9.90 Å². The summed E-state index contributed by atoms with van der Waals surface area (Å²) in [5, 5.41) is 17.1. The van der Waals surface area contributed by atoms with Crippen LogP contribution in [0.3, 0.4) is 0 Å². The number of benzene rings is 1. The zero-order valence-corrected chi connectivity index (χ0v) is 8.96. The summed E-state index contributed by atoms with van der Waals surface area (Å²) in [7, 11) is 0. The van der Waals surface area contributed by atoms with Crippen molar-refractivity contribution in [2.24, 2.45) is 0 Å². The molecule has 0 atom stereocenters. The lowest BCUT2D eigenvalue weighted by Gasteiger charge is -2.00. The third-order valence-electron chi connectivity index (χ3n) is 1.80. The van der Waals surface area contributed by atoms with E-state index in [2.05, 4.69) is 0 Å². The number of nitrogens with zero attached hydrogens (tertiary/aromatic N) is 1. The standard InChI is InChI=1S/C11H11NO2S/c12-7-9-1-3-10(4-2-9)11(14)8-15-6-5-13/h1-4,13H,5-6,8H2. The quantitative estimate of drug-likeness (QED) is 0.604. The van der Waals surface area contributed by atoms with Crippen LogP contribution >= 0.6 is 11.8 Å². The molecule has 0 heterocycles. The molecule has 78 valence electrons. The minimum atomic E-state index is 0.0259. The number of hydrogen-bond donors (Lipinski definition) is 1. The van der Waals surface area contributed by atoms with Gasteiger partial charge in [0.15, 0.2) is 5.78 Å². The molecule has 1 aromatic rings. The van der Waals surface area contributed by atoms with E-state index in [-0.39, 0.29) is 12.4 Å². The first-order valence-electron chi connectivity index (χ1n) is 4.50. The molecule has 0 saturated carbocycles. The minimum absolute atomic E-state index is 0.0259. The molecule has 1 N–H and O–H groups in total. The lowest BCUT2D eigenvalue weighted by molar-refractivity contribution is 0.102. The Morgan fingerprint density at radius 3 is 2.60 bits per heavy atom. The van der Waals surface area contributed by atoms with Gasteiger partial charge in [0, 0.05) is 11.3 Å². The maximum atomic E-state index is 11.5. The number of rotatable bonds is 5. The molecular formula is C11H11NO2S. The molecule has 0 aliphatic heterocycles. The summed E-state index contributed by atoms with van der Waals surface area (Å²) in [6.45, 7) is 0.0886. The van der Waals surface area contributed by atoms with Crippen LogP contribution in [-0.4, -0.2) is 29.0 Å². The number of carbonyl (C=O) groups is 1. The zero-order chi connectivity index (χ0) is 11.1. The number of hydrogen-bond acceptors (Lipinski definition) is 4. The average molecular weight is 221 g/mol. The molecule has 3 nitrogen and oxygen atoms in total. The number of thioether (sulfide) groups is 1. The van der Waals surface area contributed by atoms with Gasteiger partial charge >= 0.3 is 0 Å². The fourth-order valence-electron chi connectivity index (χ4n) is 1.04. The van der Waals surface area contributed by atoms with E-state index >= 15 is 0 Å². The van der Waals surface area contributed by atoms with Gasteiger partial charge in [-0.2, -0.15) is 17.0 Å². The molecule has 0 radical (unpaired) electrons. The fourth-order valence-corrected chi connectivity index (χ4v) is 1.67. The van der Waals surface area contributed by atoms with E-state index in [0.717, 1.165) is 0 Å². The fraction of sp³-hybridized carbons (Fsp3) is 0.273. The van der Waals surface area contributed by atoms with Crippen LogP contribution in [0.5, 0.6) is 0 Å². The number of aliphatic hydroxyl groups is 1. The number of Topliss-reactive ketones (excluding diaryl/α,β-unsaturated/α-hetero) is 1.